The van der Waals surface area contributed by atoms with Crippen molar-refractivity contribution in [2.45, 2.75) is 25.7 Å². The minimum Gasteiger partial charge on any atom is -0.371 e. The third-order valence-corrected chi connectivity index (χ3v) is 4.72. The minimum atomic E-state index is 0.118. The van der Waals surface area contributed by atoms with Gasteiger partial charge < -0.3 is 10.2 Å². The number of hydrogen-bond acceptors (Lipinski definition) is 2. The molecule has 4 heteroatoms. The fraction of sp³-hybridized carbons (Fsp3) is 0.350. The Morgan fingerprint density at radius 2 is 1.92 bits per heavy atom. The van der Waals surface area contributed by atoms with Gasteiger partial charge in [0.25, 0.3) is 0 Å². The second kappa shape index (κ2) is 8.20. The predicted molar refractivity (Wildman–Crippen MR) is 99.8 cm³/mol. The van der Waals surface area contributed by atoms with Gasteiger partial charge >= 0.3 is 0 Å². The largest absolute Gasteiger partial charge is 0.371 e. The number of para-hydroxylation sites is 1. The average molecular weight is 343 g/mol. The summed E-state index contributed by atoms with van der Waals surface area (Å²) in [5.74, 6) is 0.118. The number of carbonyl (C=O) groups excluding carboxylic acids is 1. The maximum absolute atomic E-state index is 12.1. The van der Waals surface area contributed by atoms with E-state index >= 15 is 0 Å². The molecule has 3 rings (SSSR count). The lowest BCUT2D eigenvalue weighted by Crippen LogP contribution is -2.34. The number of rotatable bonds is 6. The number of halogens is 1. The van der Waals surface area contributed by atoms with Crippen LogP contribution in [0, 0.1) is 0 Å². The third kappa shape index (κ3) is 4.51. The van der Waals surface area contributed by atoms with Gasteiger partial charge in [-0.3, -0.25) is 4.79 Å². The molecule has 0 fully saturated rings. The summed E-state index contributed by atoms with van der Waals surface area (Å²) in [4.78, 5) is 14.4. The van der Waals surface area contributed by atoms with Crippen molar-refractivity contribution in [2.75, 3.05) is 24.5 Å². The molecule has 126 valence electrons. The number of benzene rings is 2. The van der Waals surface area contributed by atoms with Gasteiger partial charge in [0.2, 0.25) is 5.91 Å². The first-order valence-electron chi connectivity index (χ1n) is 8.56. The maximum atomic E-state index is 12.1. The molecule has 1 N–H and O–H groups in total. The zero-order chi connectivity index (χ0) is 16.8. The van der Waals surface area contributed by atoms with Crippen LogP contribution in [-0.4, -0.2) is 25.5 Å². The molecule has 0 saturated heterocycles. The highest BCUT2D eigenvalue weighted by Crippen LogP contribution is 2.26. The highest BCUT2D eigenvalue weighted by molar-refractivity contribution is 6.30. The van der Waals surface area contributed by atoms with Crippen molar-refractivity contribution in [3.8, 4) is 0 Å². The van der Waals surface area contributed by atoms with E-state index in [1.807, 2.05) is 24.3 Å². The fourth-order valence-electron chi connectivity index (χ4n) is 3.17. The number of nitrogens with one attached hydrogen (secondary N) is 1. The first-order valence-corrected chi connectivity index (χ1v) is 8.94. The monoisotopic (exact) mass is 342 g/mol. The quantitative estimate of drug-likeness (QED) is 0.865. The molecule has 0 unspecified atom stereocenters. The maximum Gasteiger partial charge on any atom is 0.221 e. The number of nitrogens with zero attached hydrogens (tertiary/aromatic N) is 1. The van der Waals surface area contributed by atoms with Gasteiger partial charge in [-0.2, -0.15) is 0 Å². The van der Waals surface area contributed by atoms with Crippen LogP contribution < -0.4 is 10.2 Å². The summed E-state index contributed by atoms with van der Waals surface area (Å²) < 4.78 is 0. The Morgan fingerprint density at radius 3 is 2.75 bits per heavy atom. The Morgan fingerprint density at radius 1 is 1.12 bits per heavy atom. The van der Waals surface area contributed by atoms with E-state index < -0.39 is 0 Å². The molecular weight excluding hydrogens is 320 g/mol. The van der Waals surface area contributed by atoms with E-state index in [0.29, 0.717) is 13.0 Å². The van der Waals surface area contributed by atoms with Gasteiger partial charge in [-0.1, -0.05) is 41.9 Å². The van der Waals surface area contributed by atoms with Crippen LogP contribution in [0.5, 0.6) is 0 Å². The van der Waals surface area contributed by atoms with Crippen molar-refractivity contribution in [3.63, 3.8) is 0 Å². The Labute approximate surface area is 148 Å². The smallest absolute Gasteiger partial charge is 0.221 e. The van der Waals surface area contributed by atoms with Gasteiger partial charge in [-0.15, -0.1) is 0 Å². The number of fused-ring (bicyclic) bond motifs is 1. The Bertz CT molecular complexity index is 684. The van der Waals surface area contributed by atoms with Crippen LogP contribution in [0.3, 0.4) is 0 Å². The van der Waals surface area contributed by atoms with E-state index in [0.717, 1.165) is 37.4 Å². The molecule has 0 spiro atoms. The number of anilines is 1. The van der Waals surface area contributed by atoms with E-state index in [1.54, 1.807) is 0 Å². The van der Waals surface area contributed by atoms with Gasteiger partial charge in [0, 0.05) is 36.8 Å². The fourth-order valence-corrected chi connectivity index (χ4v) is 3.29. The normalized spacial score (nSPS) is 13.5. The number of amides is 1. The highest BCUT2D eigenvalue weighted by atomic mass is 35.5. The number of hydrogen-bond donors (Lipinski definition) is 1. The topological polar surface area (TPSA) is 32.3 Å². The molecule has 0 radical (unpaired) electrons. The molecule has 2 aromatic carbocycles. The zero-order valence-corrected chi connectivity index (χ0v) is 14.6. The van der Waals surface area contributed by atoms with Crippen LogP contribution in [0.15, 0.2) is 48.5 Å². The molecule has 0 atom stereocenters. The highest BCUT2D eigenvalue weighted by Gasteiger charge is 2.16. The first-order chi connectivity index (χ1) is 11.7. The minimum absolute atomic E-state index is 0.118. The first kappa shape index (κ1) is 16.8. The van der Waals surface area contributed by atoms with E-state index in [-0.39, 0.29) is 5.91 Å². The van der Waals surface area contributed by atoms with Crippen LogP contribution in [0.4, 0.5) is 5.69 Å². The Balaban J connectivity index is 1.42. The second-order valence-electron chi connectivity index (χ2n) is 6.20. The van der Waals surface area contributed by atoms with Gasteiger partial charge in [-0.25, -0.2) is 0 Å². The molecular formula is C20H23ClN2O. The molecule has 3 nitrogen and oxygen atoms in total. The zero-order valence-electron chi connectivity index (χ0n) is 13.8. The standard InChI is InChI=1S/C20H23ClN2O/c21-18-9-7-16(8-10-18)11-13-22-20(24)12-15-23-14-3-5-17-4-1-2-6-19(17)23/h1-2,4,6-10H,3,5,11-15H2,(H,22,24). The molecule has 1 heterocycles. The lowest BCUT2D eigenvalue weighted by Gasteiger charge is -2.31. The van der Waals surface area contributed by atoms with Crippen molar-refractivity contribution in [1.29, 1.82) is 0 Å². The molecule has 0 aliphatic carbocycles. The van der Waals surface area contributed by atoms with Crippen molar-refractivity contribution in [2.24, 2.45) is 0 Å². The van der Waals surface area contributed by atoms with Crippen LogP contribution in [0.2, 0.25) is 5.02 Å². The molecule has 1 amide bonds. The molecule has 0 bridgehead atoms. The summed E-state index contributed by atoms with van der Waals surface area (Å²) in [6, 6.07) is 16.3. The second-order valence-corrected chi connectivity index (χ2v) is 6.63. The predicted octanol–water partition coefficient (Wildman–Crippen LogP) is 3.84. The van der Waals surface area contributed by atoms with Crippen LogP contribution in [-0.2, 0) is 17.6 Å². The number of carbonyl (C=O) groups is 1. The Hall–Kier alpha value is -2.00. The van der Waals surface area contributed by atoms with Gasteiger partial charge in [0.15, 0.2) is 0 Å². The van der Waals surface area contributed by atoms with Crippen LogP contribution in [0.25, 0.3) is 0 Å². The van der Waals surface area contributed by atoms with Crippen molar-refractivity contribution >= 4 is 23.2 Å². The molecule has 1 aliphatic heterocycles. The molecule has 0 aromatic heterocycles. The lowest BCUT2D eigenvalue weighted by atomic mass is 10.0. The van der Waals surface area contributed by atoms with Gasteiger partial charge in [0.05, 0.1) is 0 Å². The summed E-state index contributed by atoms with van der Waals surface area (Å²) in [5, 5.41) is 3.75. The van der Waals surface area contributed by atoms with Crippen molar-refractivity contribution in [3.05, 3.63) is 64.7 Å². The third-order valence-electron chi connectivity index (χ3n) is 4.46. The van der Waals surface area contributed by atoms with Crippen molar-refractivity contribution < 1.29 is 4.79 Å². The molecule has 1 aliphatic rings. The van der Waals surface area contributed by atoms with Gasteiger partial charge in [-0.05, 0) is 48.6 Å². The summed E-state index contributed by atoms with van der Waals surface area (Å²) >= 11 is 5.87. The lowest BCUT2D eigenvalue weighted by molar-refractivity contribution is -0.120. The van der Waals surface area contributed by atoms with Crippen molar-refractivity contribution in [1.82, 2.24) is 5.32 Å². The average Bonchev–Trinajstić information content (AvgIpc) is 2.61. The summed E-state index contributed by atoms with van der Waals surface area (Å²) in [5.41, 5.74) is 3.87. The number of aryl methyl sites for hydroxylation is 1. The van der Waals surface area contributed by atoms with Gasteiger partial charge in [0.1, 0.15) is 0 Å². The summed E-state index contributed by atoms with van der Waals surface area (Å²) in [7, 11) is 0. The molecule has 0 saturated carbocycles. The SMILES string of the molecule is O=C(CCN1CCCc2ccccc21)NCCc1ccc(Cl)cc1. The summed E-state index contributed by atoms with van der Waals surface area (Å²) in [6.07, 6.45) is 3.67. The van der Waals surface area contributed by atoms with E-state index in [4.69, 9.17) is 11.6 Å². The van der Waals surface area contributed by atoms with E-state index in [2.05, 4.69) is 34.5 Å². The molecule has 2 aromatic rings. The summed E-state index contributed by atoms with van der Waals surface area (Å²) in [6.45, 7) is 2.48. The Kier molecular flexibility index (Phi) is 5.76. The van der Waals surface area contributed by atoms with Crippen LogP contribution >= 0.6 is 11.6 Å². The van der Waals surface area contributed by atoms with E-state index in [9.17, 15) is 4.79 Å². The molecule has 24 heavy (non-hydrogen) atoms. The van der Waals surface area contributed by atoms with Crippen LogP contribution in [0.1, 0.15) is 24.0 Å². The van der Waals surface area contributed by atoms with E-state index in [1.165, 1.54) is 16.8 Å².